The Morgan fingerprint density at radius 2 is 2.00 bits per heavy atom. The molecule has 1 aromatic carbocycles. The van der Waals surface area contributed by atoms with E-state index in [2.05, 4.69) is 10.1 Å². The molecule has 0 fully saturated rings. The van der Waals surface area contributed by atoms with Gasteiger partial charge in [-0.2, -0.15) is 13.2 Å². The predicted molar refractivity (Wildman–Crippen MR) is 74.2 cm³/mol. The number of carbonyl (C=O) groups is 1. The predicted octanol–water partition coefficient (Wildman–Crippen LogP) is 3.58. The van der Waals surface area contributed by atoms with E-state index in [1.54, 1.807) is 19.1 Å². The normalized spacial score (nSPS) is 14.8. The Kier molecular flexibility index (Phi) is 4.75. The highest BCUT2D eigenvalue weighted by atomic mass is 19.4. The molecule has 1 heterocycles. The summed E-state index contributed by atoms with van der Waals surface area (Å²) in [4.78, 5) is 11.8. The number of nitrogens with one attached hydrogen (secondary N) is 1. The largest absolute Gasteiger partial charge is 0.459 e. The fraction of sp³-hybridized carbons (Fsp3) is 0.400. The lowest BCUT2D eigenvalue weighted by Gasteiger charge is -2.17. The van der Waals surface area contributed by atoms with Crippen LogP contribution in [0.25, 0.3) is 11.0 Å². The molecule has 0 spiro atoms. The molecule has 2 rings (SSSR count). The van der Waals surface area contributed by atoms with Crippen LogP contribution in [0.15, 0.2) is 34.7 Å². The maximum atomic E-state index is 12.1. The second-order valence-corrected chi connectivity index (χ2v) is 4.99. The smallest absolute Gasteiger partial charge is 0.411 e. The van der Waals surface area contributed by atoms with Gasteiger partial charge in [0.1, 0.15) is 24.1 Å². The van der Waals surface area contributed by atoms with Crippen LogP contribution >= 0.6 is 0 Å². The first-order valence-electron chi connectivity index (χ1n) is 6.73. The Hall–Kier alpha value is -2.02. The highest BCUT2D eigenvalue weighted by Crippen LogP contribution is 2.23. The number of rotatable bonds is 5. The molecule has 1 aromatic heterocycles. The van der Waals surface area contributed by atoms with E-state index in [9.17, 15) is 18.0 Å². The summed E-state index contributed by atoms with van der Waals surface area (Å²) in [5.41, 5.74) is 0.681. The quantitative estimate of drug-likeness (QED) is 0.917. The molecule has 0 aliphatic heterocycles. The number of para-hydroxylation sites is 1. The van der Waals surface area contributed by atoms with Gasteiger partial charge < -0.3 is 14.5 Å². The Morgan fingerprint density at radius 3 is 2.64 bits per heavy atom. The van der Waals surface area contributed by atoms with Crippen molar-refractivity contribution in [3.8, 4) is 0 Å². The molecule has 0 unspecified atom stereocenters. The zero-order chi connectivity index (χ0) is 16.3. The van der Waals surface area contributed by atoms with Crippen LogP contribution in [0.1, 0.15) is 25.6 Å². The molecule has 0 radical (unpaired) electrons. The van der Waals surface area contributed by atoms with E-state index in [1.807, 2.05) is 18.2 Å². The van der Waals surface area contributed by atoms with Gasteiger partial charge in [0, 0.05) is 5.39 Å². The second kappa shape index (κ2) is 6.39. The van der Waals surface area contributed by atoms with Crippen molar-refractivity contribution < 1.29 is 27.1 Å². The Morgan fingerprint density at radius 1 is 1.32 bits per heavy atom. The van der Waals surface area contributed by atoms with E-state index < -0.39 is 30.8 Å². The van der Waals surface area contributed by atoms with E-state index in [0.29, 0.717) is 11.3 Å². The number of benzene rings is 1. The van der Waals surface area contributed by atoms with Gasteiger partial charge in [-0.15, -0.1) is 0 Å². The molecule has 4 nitrogen and oxygen atoms in total. The molecule has 1 amide bonds. The first-order chi connectivity index (χ1) is 10.3. The average Bonchev–Trinajstić information content (AvgIpc) is 2.87. The van der Waals surface area contributed by atoms with Crippen LogP contribution in [0.5, 0.6) is 0 Å². The summed E-state index contributed by atoms with van der Waals surface area (Å²) in [6.07, 6.45) is -5.66. The minimum Gasteiger partial charge on any atom is -0.459 e. The Bertz CT molecular complexity index is 618. The van der Waals surface area contributed by atoms with E-state index in [4.69, 9.17) is 4.42 Å². The number of halogens is 3. The van der Waals surface area contributed by atoms with Gasteiger partial charge in [-0.1, -0.05) is 18.2 Å². The van der Waals surface area contributed by atoms with Gasteiger partial charge in [0.25, 0.3) is 0 Å². The molecular weight excluding hydrogens is 299 g/mol. The van der Waals surface area contributed by atoms with Crippen molar-refractivity contribution in [3.63, 3.8) is 0 Å². The van der Waals surface area contributed by atoms with Crippen LogP contribution in [0.3, 0.4) is 0 Å². The van der Waals surface area contributed by atoms with Gasteiger partial charge in [0.05, 0.1) is 6.04 Å². The highest BCUT2D eigenvalue weighted by Gasteiger charge is 2.30. The molecule has 2 atom stereocenters. The van der Waals surface area contributed by atoms with Gasteiger partial charge in [-0.05, 0) is 26.0 Å². The molecule has 0 bridgehead atoms. The Labute approximate surface area is 125 Å². The molecule has 7 heteroatoms. The van der Waals surface area contributed by atoms with Gasteiger partial charge in [-0.25, -0.2) is 0 Å². The third-order valence-corrected chi connectivity index (χ3v) is 3.10. The zero-order valence-electron chi connectivity index (χ0n) is 12.1. The monoisotopic (exact) mass is 315 g/mol. The fourth-order valence-electron chi connectivity index (χ4n) is 1.91. The molecule has 0 aliphatic carbocycles. The summed E-state index contributed by atoms with van der Waals surface area (Å²) in [5, 5.41) is 3.46. The summed E-state index contributed by atoms with van der Waals surface area (Å²) in [5.74, 6) is -0.102. The van der Waals surface area contributed by atoms with Crippen LogP contribution in [-0.2, 0) is 9.53 Å². The van der Waals surface area contributed by atoms with Crippen molar-refractivity contribution in [1.82, 2.24) is 5.32 Å². The summed E-state index contributed by atoms with van der Waals surface area (Å²) >= 11 is 0. The molecule has 120 valence electrons. The standard InChI is InChI=1S/C15H16F3NO3/c1-9(13-7-11-5-3-4-6-12(11)22-13)19-14(20)10(2)21-8-15(16,17)18/h3-7,9-10H,8H2,1-2H3,(H,19,20)/t9-,10-/m1/s1. The second-order valence-electron chi connectivity index (χ2n) is 4.99. The number of furan rings is 1. The van der Waals surface area contributed by atoms with Crippen molar-refractivity contribution in [2.45, 2.75) is 32.2 Å². The molecular formula is C15H16F3NO3. The van der Waals surface area contributed by atoms with Crippen molar-refractivity contribution in [1.29, 1.82) is 0 Å². The SMILES string of the molecule is C[C@@H](OCC(F)(F)F)C(=O)N[C@H](C)c1cc2ccccc2o1. The first-order valence-corrected chi connectivity index (χ1v) is 6.73. The lowest BCUT2D eigenvalue weighted by Crippen LogP contribution is -2.37. The molecule has 1 N–H and O–H groups in total. The average molecular weight is 315 g/mol. The van der Waals surface area contributed by atoms with Crippen LogP contribution in [0.2, 0.25) is 0 Å². The molecule has 0 aliphatic rings. The summed E-state index contributed by atoms with van der Waals surface area (Å²) in [6, 6.07) is 8.65. The van der Waals surface area contributed by atoms with Crippen molar-refractivity contribution in [3.05, 3.63) is 36.1 Å². The fourth-order valence-corrected chi connectivity index (χ4v) is 1.91. The van der Waals surface area contributed by atoms with Crippen molar-refractivity contribution >= 4 is 16.9 Å². The van der Waals surface area contributed by atoms with Gasteiger partial charge in [0.15, 0.2) is 0 Å². The van der Waals surface area contributed by atoms with Crippen LogP contribution in [-0.4, -0.2) is 24.8 Å². The van der Waals surface area contributed by atoms with Crippen molar-refractivity contribution in [2.75, 3.05) is 6.61 Å². The molecule has 0 saturated heterocycles. The summed E-state index contributed by atoms with van der Waals surface area (Å²) in [6.45, 7) is 1.50. The van der Waals surface area contributed by atoms with Gasteiger partial charge in [-0.3, -0.25) is 4.79 Å². The lowest BCUT2D eigenvalue weighted by molar-refractivity contribution is -0.185. The topological polar surface area (TPSA) is 51.5 Å². The van der Waals surface area contributed by atoms with E-state index in [1.165, 1.54) is 6.92 Å². The zero-order valence-corrected chi connectivity index (χ0v) is 12.1. The number of alkyl halides is 3. The molecule has 2 aromatic rings. The summed E-state index contributed by atoms with van der Waals surface area (Å²) < 4.78 is 46.2. The Balaban J connectivity index is 1.95. The minimum absolute atomic E-state index is 0.475. The minimum atomic E-state index is -4.46. The number of hydrogen-bond acceptors (Lipinski definition) is 3. The van der Waals surface area contributed by atoms with Crippen molar-refractivity contribution in [2.24, 2.45) is 0 Å². The number of carbonyl (C=O) groups excluding carboxylic acids is 1. The van der Waals surface area contributed by atoms with E-state index in [-0.39, 0.29) is 0 Å². The third kappa shape index (κ3) is 4.24. The highest BCUT2D eigenvalue weighted by molar-refractivity contribution is 5.81. The van der Waals surface area contributed by atoms with E-state index in [0.717, 1.165) is 5.39 Å². The molecule has 0 saturated carbocycles. The van der Waals surface area contributed by atoms with Gasteiger partial charge in [0.2, 0.25) is 5.91 Å². The number of ether oxygens (including phenoxy) is 1. The summed E-state index contributed by atoms with van der Waals surface area (Å²) in [7, 11) is 0. The maximum absolute atomic E-state index is 12.1. The molecule has 22 heavy (non-hydrogen) atoms. The lowest BCUT2D eigenvalue weighted by atomic mass is 10.2. The van der Waals surface area contributed by atoms with Crippen LogP contribution < -0.4 is 5.32 Å². The first kappa shape index (κ1) is 16.4. The van der Waals surface area contributed by atoms with Gasteiger partial charge >= 0.3 is 6.18 Å². The number of amides is 1. The number of fused-ring (bicyclic) bond motifs is 1. The van der Waals surface area contributed by atoms with Crippen LogP contribution in [0.4, 0.5) is 13.2 Å². The third-order valence-electron chi connectivity index (χ3n) is 3.10. The maximum Gasteiger partial charge on any atom is 0.411 e. The van der Waals surface area contributed by atoms with E-state index >= 15 is 0 Å². The van der Waals surface area contributed by atoms with Crippen LogP contribution in [0, 0.1) is 0 Å². The number of hydrogen-bond donors (Lipinski definition) is 1.